The first-order valence-corrected chi connectivity index (χ1v) is 5.37. The van der Waals surface area contributed by atoms with Gasteiger partial charge in [-0.25, -0.2) is 0 Å². The summed E-state index contributed by atoms with van der Waals surface area (Å²) in [5.74, 6) is 0.595. The normalized spacial score (nSPS) is 12.4. The molecule has 0 fully saturated rings. The lowest BCUT2D eigenvalue weighted by Gasteiger charge is -2.10. The third-order valence-corrected chi connectivity index (χ3v) is 2.58. The third kappa shape index (κ3) is 4.21. The minimum atomic E-state index is 0.263. The first-order chi connectivity index (χ1) is 7.26. The molecular formula is C12H18N2O. The summed E-state index contributed by atoms with van der Waals surface area (Å²) in [4.78, 5) is 15.6. The van der Waals surface area contributed by atoms with Gasteiger partial charge < -0.3 is 5.73 Å². The number of carbonyl (C=O) groups is 1. The van der Waals surface area contributed by atoms with Crippen molar-refractivity contribution in [3.05, 3.63) is 30.1 Å². The van der Waals surface area contributed by atoms with E-state index in [9.17, 15) is 4.79 Å². The summed E-state index contributed by atoms with van der Waals surface area (Å²) in [7, 11) is 0. The molecule has 3 nitrogen and oxygen atoms in total. The number of hydrogen-bond acceptors (Lipinski definition) is 3. The number of nitrogens with zero attached hydrogens (tertiary/aromatic N) is 1. The van der Waals surface area contributed by atoms with E-state index in [0.29, 0.717) is 25.3 Å². The van der Waals surface area contributed by atoms with E-state index < -0.39 is 0 Å². The molecule has 0 saturated heterocycles. The van der Waals surface area contributed by atoms with Crippen LogP contribution in [0.25, 0.3) is 0 Å². The van der Waals surface area contributed by atoms with Gasteiger partial charge in [0.25, 0.3) is 0 Å². The zero-order chi connectivity index (χ0) is 11.1. The maximum absolute atomic E-state index is 11.7. The second-order valence-corrected chi connectivity index (χ2v) is 3.79. The van der Waals surface area contributed by atoms with E-state index >= 15 is 0 Å². The fourth-order valence-electron chi connectivity index (χ4n) is 1.52. The minimum Gasteiger partial charge on any atom is -0.330 e. The highest BCUT2D eigenvalue weighted by Gasteiger charge is 2.10. The van der Waals surface area contributed by atoms with Gasteiger partial charge in [0.1, 0.15) is 5.78 Å². The van der Waals surface area contributed by atoms with E-state index in [0.717, 1.165) is 12.0 Å². The summed E-state index contributed by atoms with van der Waals surface area (Å²) in [6.45, 7) is 2.66. The van der Waals surface area contributed by atoms with E-state index in [-0.39, 0.29) is 5.78 Å². The molecule has 1 aromatic rings. The molecule has 1 atom stereocenters. The van der Waals surface area contributed by atoms with Crippen molar-refractivity contribution in [3.63, 3.8) is 0 Å². The Morgan fingerprint density at radius 2 is 2.13 bits per heavy atom. The van der Waals surface area contributed by atoms with Crippen LogP contribution in [0, 0.1) is 5.92 Å². The molecule has 3 heteroatoms. The number of aromatic nitrogens is 1. The lowest BCUT2D eigenvalue weighted by molar-refractivity contribution is -0.119. The van der Waals surface area contributed by atoms with Gasteiger partial charge in [0, 0.05) is 25.2 Å². The van der Waals surface area contributed by atoms with Crippen LogP contribution in [-0.4, -0.2) is 17.3 Å². The second kappa shape index (κ2) is 6.30. The van der Waals surface area contributed by atoms with Crippen LogP contribution in [0.5, 0.6) is 0 Å². The van der Waals surface area contributed by atoms with Crippen molar-refractivity contribution in [2.24, 2.45) is 11.7 Å². The van der Waals surface area contributed by atoms with Crippen LogP contribution in [-0.2, 0) is 11.2 Å². The van der Waals surface area contributed by atoms with Crippen LogP contribution in [0.2, 0.25) is 0 Å². The highest BCUT2D eigenvalue weighted by Crippen LogP contribution is 2.09. The quantitative estimate of drug-likeness (QED) is 0.768. The average molecular weight is 206 g/mol. The van der Waals surface area contributed by atoms with Crippen LogP contribution in [0.15, 0.2) is 24.5 Å². The van der Waals surface area contributed by atoms with Gasteiger partial charge in [0.15, 0.2) is 0 Å². The molecule has 0 spiro atoms. The number of carbonyl (C=O) groups excluding carboxylic acids is 1. The average Bonchev–Trinajstić information content (AvgIpc) is 2.27. The molecule has 0 aliphatic heterocycles. The molecule has 0 bridgehead atoms. The molecule has 2 N–H and O–H groups in total. The molecule has 0 saturated carbocycles. The van der Waals surface area contributed by atoms with Crippen molar-refractivity contribution in [1.82, 2.24) is 4.98 Å². The Hall–Kier alpha value is -1.22. The summed E-state index contributed by atoms with van der Waals surface area (Å²) in [5, 5.41) is 0. The summed E-state index contributed by atoms with van der Waals surface area (Å²) >= 11 is 0. The SMILES string of the molecule is CCC(CN)CC(=O)Cc1ccncc1. The predicted molar refractivity (Wildman–Crippen MR) is 60.4 cm³/mol. The van der Waals surface area contributed by atoms with E-state index in [1.54, 1.807) is 12.4 Å². The van der Waals surface area contributed by atoms with Crippen LogP contribution in [0.4, 0.5) is 0 Å². The molecule has 0 aromatic carbocycles. The number of pyridine rings is 1. The predicted octanol–water partition coefficient (Wildman–Crippen LogP) is 1.57. The van der Waals surface area contributed by atoms with E-state index in [2.05, 4.69) is 11.9 Å². The molecule has 15 heavy (non-hydrogen) atoms. The molecular weight excluding hydrogens is 188 g/mol. The summed E-state index contributed by atoms with van der Waals surface area (Å²) in [6.07, 6.45) is 5.48. The molecule has 1 unspecified atom stereocenters. The topological polar surface area (TPSA) is 56.0 Å². The van der Waals surface area contributed by atoms with Crippen LogP contribution in [0.1, 0.15) is 25.3 Å². The van der Waals surface area contributed by atoms with Crippen molar-refractivity contribution in [3.8, 4) is 0 Å². The first-order valence-electron chi connectivity index (χ1n) is 5.37. The van der Waals surface area contributed by atoms with Gasteiger partial charge in [-0.3, -0.25) is 9.78 Å². The number of ketones is 1. The lowest BCUT2D eigenvalue weighted by atomic mass is 9.97. The Morgan fingerprint density at radius 1 is 1.47 bits per heavy atom. The van der Waals surface area contributed by atoms with Gasteiger partial charge in [-0.2, -0.15) is 0 Å². The number of rotatable bonds is 6. The van der Waals surface area contributed by atoms with Gasteiger partial charge in [-0.1, -0.05) is 13.3 Å². The van der Waals surface area contributed by atoms with Crippen LogP contribution >= 0.6 is 0 Å². The van der Waals surface area contributed by atoms with Gasteiger partial charge in [-0.05, 0) is 30.2 Å². The highest BCUT2D eigenvalue weighted by atomic mass is 16.1. The zero-order valence-electron chi connectivity index (χ0n) is 9.15. The monoisotopic (exact) mass is 206 g/mol. The van der Waals surface area contributed by atoms with E-state index in [1.807, 2.05) is 12.1 Å². The molecule has 0 radical (unpaired) electrons. The Morgan fingerprint density at radius 3 is 2.67 bits per heavy atom. The number of Topliss-reactive ketones (excluding diaryl/α,β-unsaturated/α-hetero) is 1. The lowest BCUT2D eigenvalue weighted by Crippen LogP contribution is -2.18. The van der Waals surface area contributed by atoms with Crippen molar-refractivity contribution >= 4 is 5.78 Å². The van der Waals surface area contributed by atoms with Gasteiger partial charge in [0.2, 0.25) is 0 Å². The van der Waals surface area contributed by atoms with E-state index in [4.69, 9.17) is 5.73 Å². The Balaban J connectivity index is 2.43. The van der Waals surface area contributed by atoms with Gasteiger partial charge >= 0.3 is 0 Å². The summed E-state index contributed by atoms with van der Waals surface area (Å²) in [6, 6.07) is 3.75. The molecule has 0 amide bonds. The number of nitrogens with two attached hydrogens (primary N) is 1. The third-order valence-electron chi connectivity index (χ3n) is 2.58. The summed E-state index contributed by atoms with van der Waals surface area (Å²) in [5.41, 5.74) is 6.59. The fourth-order valence-corrected chi connectivity index (χ4v) is 1.52. The zero-order valence-corrected chi connectivity index (χ0v) is 9.15. The van der Waals surface area contributed by atoms with Gasteiger partial charge in [-0.15, -0.1) is 0 Å². The van der Waals surface area contributed by atoms with Gasteiger partial charge in [0.05, 0.1) is 0 Å². The molecule has 1 aromatic heterocycles. The molecule has 0 aliphatic rings. The van der Waals surface area contributed by atoms with Crippen molar-refractivity contribution in [2.75, 3.05) is 6.54 Å². The Labute approximate surface area is 90.7 Å². The number of hydrogen-bond donors (Lipinski definition) is 1. The molecule has 0 aliphatic carbocycles. The minimum absolute atomic E-state index is 0.263. The van der Waals surface area contributed by atoms with Crippen molar-refractivity contribution < 1.29 is 4.79 Å². The Bertz CT molecular complexity index is 294. The Kier molecular flexibility index (Phi) is 4.98. The van der Waals surface area contributed by atoms with Crippen LogP contribution < -0.4 is 5.73 Å². The molecule has 82 valence electrons. The van der Waals surface area contributed by atoms with Crippen molar-refractivity contribution in [1.29, 1.82) is 0 Å². The first kappa shape index (κ1) is 11.9. The second-order valence-electron chi connectivity index (χ2n) is 3.79. The maximum atomic E-state index is 11.7. The van der Waals surface area contributed by atoms with Crippen molar-refractivity contribution in [2.45, 2.75) is 26.2 Å². The molecule has 1 heterocycles. The largest absolute Gasteiger partial charge is 0.330 e. The van der Waals surface area contributed by atoms with Crippen LogP contribution in [0.3, 0.4) is 0 Å². The molecule has 1 rings (SSSR count). The standard InChI is InChI=1S/C12H18N2O/c1-2-10(9-13)7-12(15)8-11-3-5-14-6-4-11/h3-6,10H,2,7-9,13H2,1H3. The van der Waals surface area contributed by atoms with E-state index in [1.165, 1.54) is 0 Å². The summed E-state index contributed by atoms with van der Waals surface area (Å²) < 4.78 is 0. The fraction of sp³-hybridized carbons (Fsp3) is 0.500. The smallest absolute Gasteiger partial charge is 0.137 e. The highest BCUT2D eigenvalue weighted by molar-refractivity contribution is 5.81. The maximum Gasteiger partial charge on any atom is 0.137 e.